The second-order valence-electron chi connectivity index (χ2n) is 10.7. The number of thioether (sulfide) groups is 1. The first-order chi connectivity index (χ1) is 18.1. The molecule has 2 amide bonds. The summed E-state index contributed by atoms with van der Waals surface area (Å²) in [5.74, 6) is 0.316. The van der Waals surface area contributed by atoms with Gasteiger partial charge in [0.15, 0.2) is 0 Å². The second kappa shape index (κ2) is 25.2. The number of methoxy groups -OCH3 is 1. The topological polar surface area (TPSA) is 199 Å². The first-order valence-corrected chi connectivity index (χ1v) is 17.8. The Labute approximate surface area is 306 Å². The number of carbonyl (C=O) groups is 3. The molecule has 0 aromatic heterocycles. The normalized spacial score (nSPS) is 12.5. The van der Waals surface area contributed by atoms with Crippen LogP contribution in [-0.4, -0.2) is 96.6 Å². The molecule has 0 radical (unpaired) electrons. The van der Waals surface area contributed by atoms with E-state index in [1.54, 1.807) is 25.8 Å². The molecule has 1 atom stereocenters. The first-order valence-electron chi connectivity index (χ1n) is 12.8. The Morgan fingerprint density at radius 2 is 1.29 bits per heavy atom. The number of rotatable bonds is 20. The Kier molecular flexibility index (Phi) is 30.0. The predicted octanol–water partition coefficient (Wildman–Crippen LogP) is -4.14. The summed E-state index contributed by atoms with van der Waals surface area (Å²) in [7, 11) is -7.08. The van der Waals surface area contributed by atoms with E-state index < -0.39 is 42.8 Å². The number of nitrogens with one attached hydrogen (secondary N) is 2. The van der Waals surface area contributed by atoms with Crippen molar-refractivity contribution in [3.8, 4) is 0 Å². The number of hydrogen-bond acceptors (Lipinski definition) is 12. The van der Waals surface area contributed by atoms with Gasteiger partial charge >= 0.3 is 59.1 Å². The van der Waals surface area contributed by atoms with Gasteiger partial charge in [-0.25, -0.2) is 16.8 Å². The molecule has 0 fully saturated rings. The second-order valence-corrected chi connectivity index (χ2v) is 15.2. The fourth-order valence-electron chi connectivity index (χ4n) is 3.58. The monoisotopic (exact) mass is 696 g/mol. The van der Waals surface area contributed by atoms with Crippen LogP contribution >= 0.6 is 24.4 Å². The molecule has 0 heterocycles. The third kappa shape index (κ3) is 35.6. The summed E-state index contributed by atoms with van der Waals surface area (Å²) in [6.45, 7) is 7.58. The van der Waals surface area contributed by atoms with Gasteiger partial charge < -0.3 is 24.5 Å². The molecule has 0 aliphatic rings. The number of ether oxygens (including phenoxy) is 1. The zero-order chi connectivity index (χ0) is 31.6. The van der Waals surface area contributed by atoms with Gasteiger partial charge in [-0.1, -0.05) is 12.8 Å². The van der Waals surface area contributed by atoms with Crippen molar-refractivity contribution in [3.05, 3.63) is 0 Å². The molecule has 2 N–H and O–H groups in total. The molecule has 0 saturated heterocycles. The van der Waals surface area contributed by atoms with E-state index in [0.29, 0.717) is 17.9 Å². The molecule has 18 heteroatoms. The Balaban J connectivity index is -0.000000385. The first kappa shape index (κ1) is 50.0. The predicted molar refractivity (Wildman–Crippen MR) is 159 cm³/mol. The third-order valence-corrected chi connectivity index (χ3v) is 8.45. The van der Waals surface area contributed by atoms with Crippen LogP contribution in [0.15, 0.2) is 0 Å². The third-order valence-electron chi connectivity index (χ3n) is 5.01. The van der Waals surface area contributed by atoms with Crippen molar-refractivity contribution >= 4 is 62.2 Å². The molecule has 0 aromatic carbocycles. The van der Waals surface area contributed by atoms with Crippen LogP contribution in [0.2, 0.25) is 0 Å². The molecule has 0 aromatic rings. The van der Waals surface area contributed by atoms with E-state index in [0.717, 1.165) is 31.4 Å². The molecule has 42 heavy (non-hydrogen) atoms. The van der Waals surface area contributed by atoms with Gasteiger partial charge in [0.1, 0.15) is 5.78 Å². The van der Waals surface area contributed by atoms with Crippen LogP contribution in [0.4, 0.5) is 0 Å². The molecule has 0 aliphatic carbocycles. The fraction of sp³-hybridized carbons (Fsp3) is 0.875. The number of Topliss-reactive ketones (excluding diaryl/α,β-unsaturated/α-hetero) is 1. The van der Waals surface area contributed by atoms with Crippen LogP contribution in [0.5, 0.6) is 0 Å². The van der Waals surface area contributed by atoms with E-state index in [-0.39, 0.29) is 95.7 Å². The van der Waals surface area contributed by atoms with Crippen molar-refractivity contribution < 1.29 is 104 Å². The molecule has 0 saturated carbocycles. The van der Waals surface area contributed by atoms with Gasteiger partial charge in [-0.3, -0.25) is 14.4 Å². The largest absolute Gasteiger partial charge is 1.00 e. The van der Waals surface area contributed by atoms with Gasteiger partial charge in [0.2, 0.25) is 11.8 Å². The van der Waals surface area contributed by atoms with Crippen molar-refractivity contribution in [2.75, 3.05) is 35.9 Å². The van der Waals surface area contributed by atoms with Crippen molar-refractivity contribution in [1.82, 2.24) is 10.6 Å². The van der Waals surface area contributed by atoms with E-state index in [4.69, 9.17) is 4.74 Å². The van der Waals surface area contributed by atoms with Crippen molar-refractivity contribution in [2.45, 2.75) is 96.7 Å². The minimum absolute atomic E-state index is 0. The number of carbonyl (C=O) groups excluding carboxylic acids is 3. The summed E-state index contributed by atoms with van der Waals surface area (Å²) in [5, 5.41) is 5.03. The van der Waals surface area contributed by atoms with Crippen LogP contribution in [-0.2, 0) is 39.4 Å². The summed E-state index contributed by atoms with van der Waals surface area (Å²) in [4.78, 5) is 34.0. The Morgan fingerprint density at radius 3 is 1.67 bits per heavy atom. The van der Waals surface area contributed by atoms with Gasteiger partial charge in [0.25, 0.3) is 0 Å². The Morgan fingerprint density at radius 1 is 0.833 bits per heavy atom. The van der Waals surface area contributed by atoms with Crippen LogP contribution in [0.3, 0.4) is 0 Å². The molecule has 0 rings (SSSR count). The van der Waals surface area contributed by atoms with Gasteiger partial charge in [0.05, 0.1) is 37.8 Å². The SMILES string of the molecule is CC(C)(CS(=O)(=O)[O-])NC(=O)CCS.COC(CCCCCSCCC(=O)NC(C)(C)CS(=O)(=O)[O-])CC(C)=O.[Na+].[Na+]. The Bertz CT molecular complexity index is 995. The molecule has 0 aliphatic heterocycles. The van der Waals surface area contributed by atoms with Crippen LogP contribution in [0.25, 0.3) is 0 Å². The standard InChI is InChI=1S/C17H33NO6S2.C7H15NO4S2.2Na/c1-14(19)12-15(24-4)8-6-5-7-10-25-11-9-16(20)18-17(2,3)13-26(21,22)23;1-7(2,5-14(10,11)12)8-6(9)3-4-13;;/h15H,5-13H2,1-4H3,(H,18,20)(H,21,22,23);13H,3-5H2,1-2H3,(H,8,9)(H,10,11,12);;/q;;2*+1/p-2. The van der Waals surface area contributed by atoms with Gasteiger partial charge in [0, 0.05) is 43.2 Å². The molecule has 0 spiro atoms. The maximum Gasteiger partial charge on any atom is 1.00 e. The van der Waals surface area contributed by atoms with E-state index >= 15 is 0 Å². The van der Waals surface area contributed by atoms with Crippen molar-refractivity contribution in [2.24, 2.45) is 0 Å². The van der Waals surface area contributed by atoms with Crippen molar-refractivity contribution in [1.29, 1.82) is 0 Å². The molecule has 0 bridgehead atoms. The number of hydrogen-bond donors (Lipinski definition) is 3. The maximum absolute atomic E-state index is 11.8. The van der Waals surface area contributed by atoms with Crippen LogP contribution in [0.1, 0.15) is 79.6 Å². The molecular weight excluding hydrogens is 651 g/mol. The molecule has 1 unspecified atom stereocenters. The number of thiol groups is 1. The van der Waals surface area contributed by atoms with E-state index in [9.17, 15) is 40.3 Å². The van der Waals surface area contributed by atoms with E-state index in [1.165, 1.54) is 27.7 Å². The average molecular weight is 697 g/mol. The average Bonchev–Trinajstić information content (AvgIpc) is 2.70. The number of unbranched alkanes of at least 4 members (excludes halogenated alkanes) is 2. The maximum atomic E-state index is 11.8. The summed E-state index contributed by atoms with van der Waals surface area (Å²) in [6, 6.07) is 0. The summed E-state index contributed by atoms with van der Waals surface area (Å²) in [6.07, 6.45) is 4.91. The van der Waals surface area contributed by atoms with Gasteiger partial charge in [-0.05, 0) is 59.0 Å². The van der Waals surface area contributed by atoms with Crippen LogP contribution in [0, 0.1) is 0 Å². The zero-order valence-corrected chi connectivity index (χ0v) is 33.7. The quantitative estimate of drug-likeness (QED) is 0.0484. The minimum atomic E-state index is -4.38. The minimum Gasteiger partial charge on any atom is -0.748 e. The summed E-state index contributed by atoms with van der Waals surface area (Å²) < 4.78 is 69.0. The van der Waals surface area contributed by atoms with Crippen molar-refractivity contribution in [3.63, 3.8) is 0 Å². The van der Waals surface area contributed by atoms with Gasteiger partial charge in [-0.15, -0.1) is 0 Å². The number of amides is 2. The van der Waals surface area contributed by atoms with Crippen LogP contribution < -0.4 is 69.7 Å². The smallest absolute Gasteiger partial charge is 0.748 e. The summed E-state index contributed by atoms with van der Waals surface area (Å²) in [5.41, 5.74) is -2.08. The Hall–Kier alpha value is 1.09. The summed E-state index contributed by atoms with van der Waals surface area (Å²) >= 11 is 5.52. The fourth-order valence-corrected chi connectivity index (χ4v) is 6.64. The number of ketones is 1. The molecule has 238 valence electrons. The molecule has 12 nitrogen and oxygen atoms in total. The van der Waals surface area contributed by atoms with E-state index in [1.807, 2.05) is 0 Å². The van der Waals surface area contributed by atoms with Gasteiger partial charge in [-0.2, -0.15) is 24.4 Å². The zero-order valence-electron chi connectivity index (χ0n) is 26.3. The molecular formula is C24H46N2Na2O10S4. The van der Waals surface area contributed by atoms with E-state index in [2.05, 4.69) is 23.3 Å².